The van der Waals surface area contributed by atoms with Gasteiger partial charge >= 0.3 is 0 Å². The Morgan fingerprint density at radius 3 is 2.95 bits per heavy atom. The molecule has 1 aliphatic heterocycles. The highest BCUT2D eigenvalue weighted by atomic mass is 19.1. The van der Waals surface area contributed by atoms with E-state index < -0.39 is 5.95 Å². The summed E-state index contributed by atoms with van der Waals surface area (Å²) in [7, 11) is 0. The topological polar surface area (TPSA) is 59.5 Å². The maximum atomic E-state index is 13.0. The molecular formula is C15H17FN2O3. The molecule has 2 atom stereocenters. The van der Waals surface area contributed by atoms with Crippen LogP contribution in [0.5, 0.6) is 5.88 Å². The summed E-state index contributed by atoms with van der Waals surface area (Å²) in [5.41, 5.74) is 0. The lowest BCUT2D eigenvalue weighted by Crippen LogP contribution is -2.35. The monoisotopic (exact) mass is 292 g/mol. The standard InChI is InChI=1S/C15H17FN2O3/c16-13-2-1-3-14(17-13)21-12-6-7-18(9-12)15(20)10-4-5-11(19)8-10/h1-3,10,12H,4-9H2. The second kappa shape index (κ2) is 5.79. The van der Waals surface area contributed by atoms with Crippen molar-refractivity contribution < 1.29 is 18.7 Å². The molecule has 1 aromatic rings. The van der Waals surface area contributed by atoms with E-state index >= 15 is 0 Å². The zero-order valence-corrected chi connectivity index (χ0v) is 11.6. The number of aromatic nitrogens is 1. The Morgan fingerprint density at radius 1 is 1.38 bits per heavy atom. The van der Waals surface area contributed by atoms with Crippen molar-refractivity contribution in [2.45, 2.75) is 31.8 Å². The van der Waals surface area contributed by atoms with Gasteiger partial charge < -0.3 is 9.64 Å². The molecule has 0 N–H and O–H groups in total. The summed E-state index contributed by atoms with van der Waals surface area (Å²) < 4.78 is 18.6. The van der Waals surface area contributed by atoms with Crippen molar-refractivity contribution >= 4 is 11.7 Å². The van der Waals surface area contributed by atoms with Gasteiger partial charge in [0.25, 0.3) is 0 Å². The summed E-state index contributed by atoms with van der Waals surface area (Å²) in [6.07, 6.45) is 2.07. The van der Waals surface area contributed by atoms with Crippen LogP contribution in [-0.4, -0.2) is 40.8 Å². The number of carbonyl (C=O) groups is 2. The fourth-order valence-corrected chi connectivity index (χ4v) is 2.93. The minimum atomic E-state index is -0.581. The summed E-state index contributed by atoms with van der Waals surface area (Å²) in [5.74, 6) is -0.291. The molecule has 1 amide bonds. The Hall–Kier alpha value is -1.98. The average Bonchev–Trinajstić information content (AvgIpc) is 3.07. The number of amides is 1. The number of ether oxygens (including phenoxy) is 1. The SMILES string of the molecule is O=C1CCC(C(=O)N2CCC(Oc3cccc(F)n3)C2)C1. The van der Waals surface area contributed by atoms with Crippen LogP contribution in [0.1, 0.15) is 25.7 Å². The number of hydrogen-bond acceptors (Lipinski definition) is 4. The zero-order valence-electron chi connectivity index (χ0n) is 11.6. The molecular weight excluding hydrogens is 275 g/mol. The molecule has 2 heterocycles. The summed E-state index contributed by atoms with van der Waals surface area (Å²) in [6.45, 7) is 1.09. The number of pyridine rings is 1. The lowest BCUT2D eigenvalue weighted by Gasteiger charge is -2.20. The number of halogens is 1. The number of likely N-dealkylation sites (tertiary alicyclic amines) is 1. The summed E-state index contributed by atoms with van der Waals surface area (Å²) >= 11 is 0. The predicted molar refractivity (Wildman–Crippen MR) is 72.2 cm³/mol. The largest absolute Gasteiger partial charge is 0.472 e. The normalized spacial score (nSPS) is 25.4. The molecule has 5 nitrogen and oxygen atoms in total. The first-order valence-corrected chi connectivity index (χ1v) is 7.21. The molecule has 0 radical (unpaired) electrons. The van der Waals surface area contributed by atoms with Gasteiger partial charge in [-0.15, -0.1) is 0 Å². The molecule has 21 heavy (non-hydrogen) atoms. The van der Waals surface area contributed by atoms with E-state index in [1.54, 1.807) is 17.0 Å². The van der Waals surface area contributed by atoms with Gasteiger partial charge in [-0.05, 0) is 12.5 Å². The first-order valence-electron chi connectivity index (χ1n) is 7.21. The fraction of sp³-hybridized carbons (Fsp3) is 0.533. The van der Waals surface area contributed by atoms with Crippen molar-refractivity contribution in [3.63, 3.8) is 0 Å². The maximum absolute atomic E-state index is 13.0. The van der Waals surface area contributed by atoms with E-state index in [1.807, 2.05) is 0 Å². The third-order valence-corrected chi connectivity index (χ3v) is 4.03. The van der Waals surface area contributed by atoms with E-state index in [9.17, 15) is 14.0 Å². The Kier molecular flexibility index (Phi) is 3.86. The van der Waals surface area contributed by atoms with Gasteiger partial charge in [0.2, 0.25) is 17.7 Å². The highest BCUT2D eigenvalue weighted by Crippen LogP contribution is 2.26. The van der Waals surface area contributed by atoms with E-state index in [4.69, 9.17) is 4.74 Å². The van der Waals surface area contributed by atoms with Gasteiger partial charge in [0.05, 0.1) is 6.54 Å². The van der Waals surface area contributed by atoms with Gasteiger partial charge in [0.1, 0.15) is 11.9 Å². The van der Waals surface area contributed by atoms with Gasteiger partial charge in [-0.25, -0.2) is 0 Å². The second-order valence-corrected chi connectivity index (χ2v) is 5.59. The van der Waals surface area contributed by atoms with Gasteiger partial charge in [-0.1, -0.05) is 6.07 Å². The average molecular weight is 292 g/mol. The van der Waals surface area contributed by atoms with E-state index in [0.29, 0.717) is 38.8 Å². The number of nitrogens with zero attached hydrogens (tertiary/aromatic N) is 2. The Balaban J connectivity index is 1.55. The van der Waals surface area contributed by atoms with Gasteiger partial charge in [0, 0.05) is 37.8 Å². The van der Waals surface area contributed by atoms with Crippen molar-refractivity contribution in [3.8, 4) is 5.88 Å². The van der Waals surface area contributed by atoms with Crippen LogP contribution in [0, 0.1) is 11.9 Å². The highest BCUT2D eigenvalue weighted by molar-refractivity contribution is 5.90. The van der Waals surface area contributed by atoms with Crippen LogP contribution in [0.3, 0.4) is 0 Å². The molecule has 1 aliphatic carbocycles. The summed E-state index contributed by atoms with van der Waals surface area (Å²) in [6, 6.07) is 4.40. The fourth-order valence-electron chi connectivity index (χ4n) is 2.93. The molecule has 0 bridgehead atoms. The van der Waals surface area contributed by atoms with Crippen LogP contribution in [0.15, 0.2) is 18.2 Å². The molecule has 6 heteroatoms. The lowest BCUT2D eigenvalue weighted by atomic mass is 10.1. The first-order chi connectivity index (χ1) is 10.1. The molecule has 2 unspecified atom stereocenters. The quantitative estimate of drug-likeness (QED) is 0.793. The number of hydrogen-bond donors (Lipinski definition) is 0. The molecule has 2 aliphatic rings. The number of ketones is 1. The van der Waals surface area contributed by atoms with Crippen LogP contribution in [-0.2, 0) is 9.59 Å². The highest BCUT2D eigenvalue weighted by Gasteiger charge is 2.35. The number of Topliss-reactive ketones (excluding diaryl/α,β-unsaturated/α-hetero) is 1. The number of rotatable bonds is 3. The van der Waals surface area contributed by atoms with Crippen molar-refractivity contribution in [2.24, 2.45) is 5.92 Å². The first kappa shape index (κ1) is 14.0. The second-order valence-electron chi connectivity index (χ2n) is 5.59. The minimum Gasteiger partial charge on any atom is -0.472 e. The van der Waals surface area contributed by atoms with E-state index in [0.717, 1.165) is 0 Å². The van der Waals surface area contributed by atoms with Crippen molar-refractivity contribution in [1.82, 2.24) is 9.88 Å². The van der Waals surface area contributed by atoms with Gasteiger partial charge in [-0.3, -0.25) is 9.59 Å². The van der Waals surface area contributed by atoms with Crippen molar-refractivity contribution in [1.29, 1.82) is 0 Å². The van der Waals surface area contributed by atoms with Crippen LogP contribution in [0.25, 0.3) is 0 Å². The molecule has 2 fully saturated rings. The molecule has 1 aromatic heterocycles. The molecule has 3 rings (SSSR count). The zero-order chi connectivity index (χ0) is 14.8. The minimum absolute atomic E-state index is 0.0409. The van der Waals surface area contributed by atoms with Gasteiger partial charge in [0.15, 0.2) is 0 Å². The predicted octanol–water partition coefficient (Wildman–Crippen LogP) is 1.57. The van der Waals surface area contributed by atoms with Crippen LogP contribution >= 0.6 is 0 Å². The Labute approximate surface area is 122 Å². The van der Waals surface area contributed by atoms with E-state index in [1.165, 1.54) is 6.07 Å². The number of carbonyl (C=O) groups excluding carboxylic acids is 2. The van der Waals surface area contributed by atoms with E-state index in [-0.39, 0.29) is 29.6 Å². The third kappa shape index (κ3) is 3.20. The maximum Gasteiger partial charge on any atom is 0.226 e. The Bertz CT molecular complexity index is 564. The van der Waals surface area contributed by atoms with Crippen LogP contribution in [0.4, 0.5) is 4.39 Å². The van der Waals surface area contributed by atoms with Gasteiger partial charge in [-0.2, -0.15) is 9.37 Å². The molecule has 0 spiro atoms. The summed E-state index contributed by atoms with van der Waals surface area (Å²) in [4.78, 5) is 29.0. The van der Waals surface area contributed by atoms with Crippen LogP contribution in [0.2, 0.25) is 0 Å². The third-order valence-electron chi connectivity index (χ3n) is 4.03. The molecule has 1 saturated heterocycles. The summed E-state index contributed by atoms with van der Waals surface area (Å²) in [5, 5.41) is 0. The molecule has 0 aromatic carbocycles. The van der Waals surface area contributed by atoms with E-state index in [2.05, 4.69) is 4.98 Å². The molecule has 112 valence electrons. The lowest BCUT2D eigenvalue weighted by molar-refractivity contribution is -0.135. The van der Waals surface area contributed by atoms with Crippen LogP contribution < -0.4 is 4.74 Å². The Morgan fingerprint density at radius 2 is 2.24 bits per heavy atom. The van der Waals surface area contributed by atoms with Crippen molar-refractivity contribution in [2.75, 3.05) is 13.1 Å². The molecule has 1 saturated carbocycles. The van der Waals surface area contributed by atoms with Crippen molar-refractivity contribution in [3.05, 3.63) is 24.1 Å². The smallest absolute Gasteiger partial charge is 0.226 e.